The molecule has 1 aliphatic rings. The third kappa shape index (κ3) is 4.20. The first-order valence-electron chi connectivity index (χ1n) is 7.36. The lowest BCUT2D eigenvalue weighted by atomic mass is 10.0. The highest BCUT2D eigenvalue weighted by atomic mass is 16.5. The van der Waals surface area contributed by atoms with Crippen LogP contribution in [0, 0.1) is 0 Å². The van der Waals surface area contributed by atoms with Crippen molar-refractivity contribution in [3.8, 4) is 5.75 Å². The van der Waals surface area contributed by atoms with Crippen molar-refractivity contribution in [3.63, 3.8) is 0 Å². The van der Waals surface area contributed by atoms with E-state index in [0.717, 1.165) is 38.5 Å². The maximum Gasteiger partial charge on any atom is 0.119 e. The topological polar surface area (TPSA) is 47.7 Å². The Labute approximate surface area is 121 Å². The van der Waals surface area contributed by atoms with Crippen LogP contribution >= 0.6 is 0 Å². The summed E-state index contributed by atoms with van der Waals surface area (Å²) < 4.78 is 11.3. The molecular formula is C16H26N2O2. The fourth-order valence-electron chi connectivity index (χ4n) is 2.50. The third-order valence-corrected chi connectivity index (χ3v) is 3.80. The molecule has 1 saturated heterocycles. The monoisotopic (exact) mass is 278 g/mol. The second-order valence-corrected chi connectivity index (χ2v) is 5.88. The molecule has 4 nitrogen and oxygen atoms in total. The second kappa shape index (κ2) is 7.07. The van der Waals surface area contributed by atoms with Crippen LogP contribution in [-0.4, -0.2) is 49.9 Å². The average Bonchev–Trinajstić information content (AvgIpc) is 2.43. The summed E-state index contributed by atoms with van der Waals surface area (Å²) in [5, 5.41) is 0. The molecule has 1 aromatic rings. The molecule has 0 aromatic heterocycles. The van der Waals surface area contributed by atoms with Gasteiger partial charge in [0, 0.05) is 18.6 Å². The molecule has 0 spiro atoms. The van der Waals surface area contributed by atoms with Gasteiger partial charge in [-0.05, 0) is 44.5 Å². The number of hydrogen-bond donors (Lipinski definition) is 1. The molecule has 1 fully saturated rings. The van der Waals surface area contributed by atoms with Gasteiger partial charge in [0.1, 0.15) is 12.4 Å². The quantitative estimate of drug-likeness (QED) is 0.860. The molecule has 0 atom stereocenters. The zero-order valence-corrected chi connectivity index (χ0v) is 12.6. The molecule has 1 aromatic carbocycles. The Balaban J connectivity index is 1.77. The minimum Gasteiger partial charge on any atom is -0.492 e. The molecule has 0 unspecified atom stereocenters. The van der Waals surface area contributed by atoms with E-state index in [1.165, 1.54) is 5.56 Å². The van der Waals surface area contributed by atoms with E-state index in [-0.39, 0.29) is 5.54 Å². The van der Waals surface area contributed by atoms with Gasteiger partial charge in [-0.1, -0.05) is 12.1 Å². The fourth-order valence-corrected chi connectivity index (χ4v) is 2.50. The lowest BCUT2D eigenvalue weighted by Crippen LogP contribution is -2.54. The number of benzene rings is 1. The van der Waals surface area contributed by atoms with E-state index in [1.807, 2.05) is 12.1 Å². The van der Waals surface area contributed by atoms with Gasteiger partial charge in [0.15, 0.2) is 0 Å². The molecule has 0 amide bonds. The molecule has 0 saturated carbocycles. The zero-order valence-electron chi connectivity index (χ0n) is 12.6. The number of hydrogen-bond acceptors (Lipinski definition) is 4. The van der Waals surface area contributed by atoms with E-state index < -0.39 is 0 Å². The molecular weight excluding hydrogens is 252 g/mol. The van der Waals surface area contributed by atoms with E-state index in [0.29, 0.717) is 13.2 Å². The lowest BCUT2D eigenvalue weighted by Gasteiger charge is -2.41. The molecule has 1 aliphatic heterocycles. The zero-order chi connectivity index (χ0) is 14.4. The van der Waals surface area contributed by atoms with Gasteiger partial charge in [-0.15, -0.1) is 0 Å². The Morgan fingerprint density at radius 2 is 2.05 bits per heavy atom. The van der Waals surface area contributed by atoms with Gasteiger partial charge in [0.05, 0.1) is 13.2 Å². The third-order valence-electron chi connectivity index (χ3n) is 3.80. The van der Waals surface area contributed by atoms with Crippen molar-refractivity contribution in [1.82, 2.24) is 4.90 Å². The van der Waals surface area contributed by atoms with E-state index in [2.05, 4.69) is 30.9 Å². The molecule has 4 heteroatoms. The van der Waals surface area contributed by atoms with Crippen molar-refractivity contribution >= 4 is 0 Å². The summed E-state index contributed by atoms with van der Waals surface area (Å²) in [5.41, 5.74) is 6.90. The van der Waals surface area contributed by atoms with Crippen LogP contribution in [0.25, 0.3) is 0 Å². The van der Waals surface area contributed by atoms with Crippen molar-refractivity contribution in [1.29, 1.82) is 0 Å². The van der Waals surface area contributed by atoms with Crippen molar-refractivity contribution in [2.45, 2.75) is 25.8 Å². The first-order valence-corrected chi connectivity index (χ1v) is 7.36. The normalized spacial score (nSPS) is 18.9. The van der Waals surface area contributed by atoms with E-state index >= 15 is 0 Å². The highest BCUT2D eigenvalue weighted by Gasteiger charge is 2.29. The van der Waals surface area contributed by atoms with Gasteiger partial charge in [-0.25, -0.2) is 0 Å². The van der Waals surface area contributed by atoms with Crippen LogP contribution in [0.15, 0.2) is 24.3 Å². The van der Waals surface area contributed by atoms with Crippen LogP contribution in [0.3, 0.4) is 0 Å². The minimum absolute atomic E-state index is 0.104. The van der Waals surface area contributed by atoms with Crippen LogP contribution in [-0.2, 0) is 11.2 Å². The molecule has 0 radical (unpaired) electrons. The first-order chi connectivity index (χ1) is 9.62. The number of nitrogens with zero attached hydrogens (tertiary/aromatic N) is 1. The van der Waals surface area contributed by atoms with Crippen molar-refractivity contribution in [2.75, 3.05) is 39.5 Å². The van der Waals surface area contributed by atoms with Gasteiger partial charge in [-0.3, -0.25) is 4.90 Å². The summed E-state index contributed by atoms with van der Waals surface area (Å²) in [7, 11) is 0. The number of rotatable bonds is 6. The lowest BCUT2D eigenvalue weighted by molar-refractivity contribution is -0.0547. The molecule has 0 bridgehead atoms. The molecule has 0 aliphatic carbocycles. The second-order valence-electron chi connectivity index (χ2n) is 5.88. The smallest absolute Gasteiger partial charge is 0.119 e. The van der Waals surface area contributed by atoms with Gasteiger partial charge in [0.2, 0.25) is 0 Å². The Morgan fingerprint density at radius 3 is 2.70 bits per heavy atom. The Kier molecular flexibility index (Phi) is 5.40. The van der Waals surface area contributed by atoms with Crippen LogP contribution in [0.1, 0.15) is 19.4 Å². The highest BCUT2D eigenvalue weighted by Crippen LogP contribution is 2.19. The predicted octanol–water partition coefficient (Wildman–Crippen LogP) is 1.68. The summed E-state index contributed by atoms with van der Waals surface area (Å²) in [6.07, 6.45) is 0.919. The molecule has 2 N–H and O–H groups in total. The summed E-state index contributed by atoms with van der Waals surface area (Å²) in [5.74, 6) is 0.928. The van der Waals surface area contributed by atoms with Crippen LogP contribution in [0.2, 0.25) is 0 Å². The summed E-state index contributed by atoms with van der Waals surface area (Å²) in [6.45, 7) is 9.35. The van der Waals surface area contributed by atoms with Crippen LogP contribution < -0.4 is 10.5 Å². The molecule has 20 heavy (non-hydrogen) atoms. The minimum atomic E-state index is 0.104. The standard InChI is InChI=1S/C16H26N2O2/c1-16(2)13-19-11-9-18(16)10-12-20-15-5-3-14(4-6-15)7-8-17/h3-6H,7-13,17H2,1-2H3. The van der Waals surface area contributed by atoms with E-state index in [1.54, 1.807) is 0 Å². The average molecular weight is 278 g/mol. The Hall–Kier alpha value is -1.10. The largest absolute Gasteiger partial charge is 0.492 e. The molecule has 1 heterocycles. The summed E-state index contributed by atoms with van der Waals surface area (Å²) in [6, 6.07) is 8.21. The maximum absolute atomic E-state index is 5.82. The van der Waals surface area contributed by atoms with Gasteiger partial charge in [0.25, 0.3) is 0 Å². The van der Waals surface area contributed by atoms with Crippen molar-refractivity contribution in [2.24, 2.45) is 5.73 Å². The Morgan fingerprint density at radius 1 is 1.30 bits per heavy atom. The van der Waals surface area contributed by atoms with Crippen LogP contribution in [0.5, 0.6) is 5.75 Å². The molecule has 2 rings (SSSR count). The Bertz CT molecular complexity index is 403. The van der Waals surface area contributed by atoms with E-state index in [4.69, 9.17) is 15.2 Å². The van der Waals surface area contributed by atoms with Crippen molar-refractivity contribution in [3.05, 3.63) is 29.8 Å². The number of nitrogens with two attached hydrogens (primary N) is 1. The van der Waals surface area contributed by atoms with Gasteiger partial charge in [-0.2, -0.15) is 0 Å². The molecule has 112 valence electrons. The summed E-state index contributed by atoms with van der Waals surface area (Å²) >= 11 is 0. The maximum atomic E-state index is 5.82. The number of morpholine rings is 1. The predicted molar refractivity (Wildman–Crippen MR) is 81.2 cm³/mol. The number of ether oxygens (including phenoxy) is 2. The fraction of sp³-hybridized carbons (Fsp3) is 0.625. The van der Waals surface area contributed by atoms with Crippen molar-refractivity contribution < 1.29 is 9.47 Å². The SMILES string of the molecule is CC1(C)COCCN1CCOc1ccc(CCN)cc1. The van der Waals surface area contributed by atoms with Gasteiger partial charge >= 0.3 is 0 Å². The highest BCUT2D eigenvalue weighted by molar-refractivity contribution is 5.27. The summed E-state index contributed by atoms with van der Waals surface area (Å²) in [4.78, 5) is 2.43. The van der Waals surface area contributed by atoms with Crippen LogP contribution in [0.4, 0.5) is 0 Å². The first kappa shape index (κ1) is 15.3. The van der Waals surface area contributed by atoms with E-state index in [9.17, 15) is 0 Å². The van der Waals surface area contributed by atoms with Gasteiger partial charge < -0.3 is 15.2 Å².